The number of rotatable bonds is 5. The van der Waals surface area contributed by atoms with E-state index in [0.717, 1.165) is 37.4 Å². The predicted molar refractivity (Wildman–Crippen MR) is 109 cm³/mol. The van der Waals surface area contributed by atoms with Gasteiger partial charge < -0.3 is 9.32 Å². The normalized spacial score (nSPS) is 12.4. The number of furan rings is 1. The van der Waals surface area contributed by atoms with Gasteiger partial charge in [0.1, 0.15) is 10.8 Å². The summed E-state index contributed by atoms with van der Waals surface area (Å²) in [7, 11) is 1.82. The fraction of sp³-hybridized carbons (Fsp3) is 0.250. The summed E-state index contributed by atoms with van der Waals surface area (Å²) in [4.78, 5) is 23.7. The molecular formula is C20H19N3O2S2. The van der Waals surface area contributed by atoms with Crippen LogP contribution in [-0.2, 0) is 11.2 Å². The number of fused-ring (bicyclic) bond motifs is 1. The van der Waals surface area contributed by atoms with Gasteiger partial charge in [0, 0.05) is 12.4 Å². The lowest BCUT2D eigenvalue weighted by Crippen LogP contribution is -2.31. The Morgan fingerprint density at radius 3 is 2.78 bits per heavy atom. The van der Waals surface area contributed by atoms with Crippen LogP contribution < -0.4 is 0 Å². The molecule has 0 bridgehead atoms. The fourth-order valence-corrected chi connectivity index (χ4v) is 4.62. The maximum absolute atomic E-state index is 12.7. The van der Waals surface area contributed by atoms with Gasteiger partial charge in [-0.25, -0.2) is 9.97 Å². The lowest BCUT2D eigenvalue weighted by Gasteiger charge is -2.22. The number of para-hydroxylation sites is 1. The molecule has 4 rings (SSSR count). The summed E-state index contributed by atoms with van der Waals surface area (Å²) >= 11 is 3.12. The van der Waals surface area contributed by atoms with E-state index in [1.165, 1.54) is 11.3 Å². The van der Waals surface area contributed by atoms with Gasteiger partial charge in [-0.05, 0) is 38.1 Å². The van der Waals surface area contributed by atoms with Gasteiger partial charge >= 0.3 is 0 Å². The molecule has 0 fully saturated rings. The van der Waals surface area contributed by atoms with Crippen molar-refractivity contribution in [2.75, 3.05) is 7.05 Å². The Labute approximate surface area is 165 Å². The van der Waals surface area contributed by atoms with Crippen LogP contribution in [0.3, 0.4) is 0 Å². The molecule has 0 aliphatic carbocycles. The zero-order valence-electron chi connectivity index (χ0n) is 15.3. The van der Waals surface area contributed by atoms with Crippen LogP contribution in [-0.4, -0.2) is 27.8 Å². The molecule has 4 aromatic rings. The maximum Gasteiger partial charge on any atom is 0.228 e. The highest BCUT2D eigenvalue weighted by molar-refractivity contribution is 7.18. The third kappa shape index (κ3) is 3.65. The number of carbonyl (C=O) groups excluding carboxylic acids is 1. The Balaban J connectivity index is 1.46. The van der Waals surface area contributed by atoms with E-state index in [1.54, 1.807) is 16.2 Å². The fourth-order valence-electron chi connectivity index (χ4n) is 2.78. The number of likely N-dealkylation sites (N-methyl/N-ethyl adjacent to an activating group) is 1. The molecule has 1 atom stereocenters. The van der Waals surface area contributed by atoms with Gasteiger partial charge in [0.05, 0.1) is 28.4 Å². The highest BCUT2D eigenvalue weighted by Gasteiger charge is 2.22. The smallest absolute Gasteiger partial charge is 0.228 e. The van der Waals surface area contributed by atoms with Gasteiger partial charge in [0.25, 0.3) is 0 Å². The van der Waals surface area contributed by atoms with Crippen LogP contribution in [0.15, 0.2) is 46.2 Å². The molecule has 0 spiro atoms. The first-order valence-corrected chi connectivity index (χ1v) is 10.3. The highest BCUT2D eigenvalue weighted by Crippen LogP contribution is 2.30. The first-order chi connectivity index (χ1) is 13.0. The first-order valence-electron chi connectivity index (χ1n) is 8.63. The molecule has 0 aliphatic heterocycles. The van der Waals surface area contributed by atoms with Crippen LogP contribution in [0.4, 0.5) is 0 Å². The molecule has 0 aliphatic rings. The number of hydrogen-bond donors (Lipinski definition) is 0. The number of nitrogens with zero attached hydrogens (tertiary/aromatic N) is 3. The molecule has 3 heterocycles. The quantitative estimate of drug-likeness (QED) is 0.471. The molecule has 138 valence electrons. The van der Waals surface area contributed by atoms with Crippen molar-refractivity contribution in [2.45, 2.75) is 26.3 Å². The zero-order chi connectivity index (χ0) is 19.0. The van der Waals surface area contributed by atoms with Crippen molar-refractivity contribution < 1.29 is 9.21 Å². The third-order valence-electron chi connectivity index (χ3n) is 4.48. The number of aromatic nitrogens is 2. The number of hydrogen-bond acceptors (Lipinski definition) is 6. The van der Waals surface area contributed by atoms with Gasteiger partial charge in [-0.15, -0.1) is 22.7 Å². The van der Waals surface area contributed by atoms with E-state index in [4.69, 9.17) is 4.42 Å². The summed E-state index contributed by atoms with van der Waals surface area (Å²) in [6.45, 7) is 3.91. The summed E-state index contributed by atoms with van der Waals surface area (Å²) in [5.74, 6) is 1.61. The van der Waals surface area contributed by atoms with Crippen molar-refractivity contribution in [1.29, 1.82) is 0 Å². The van der Waals surface area contributed by atoms with Gasteiger partial charge in [0.15, 0.2) is 10.8 Å². The number of thiazole rings is 2. The summed E-state index contributed by atoms with van der Waals surface area (Å²) in [5, 5.41) is 3.66. The molecule has 1 amide bonds. The van der Waals surface area contributed by atoms with Crippen molar-refractivity contribution in [3.63, 3.8) is 0 Å². The largest absolute Gasteiger partial charge is 0.459 e. The van der Waals surface area contributed by atoms with Crippen LogP contribution >= 0.6 is 22.7 Å². The van der Waals surface area contributed by atoms with Gasteiger partial charge in [0.2, 0.25) is 5.91 Å². The van der Waals surface area contributed by atoms with Crippen molar-refractivity contribution in [3.05, 3.63) is 58.2 Å². The van der Waals surface area contributed by atoms with Gasteiger partial charge in [-0.1, -0.05) is 12.1 Å². The molecule has 0 N–H and O–H groups in total. The van der Waals surface area contributed by atoms with E-state index < -0.39 is 0 Å². The van der Waals surface area contributed by atoms with Crippen molar-refractivity contribution >= 4 is 38.8 Å². The zero-order valence-corrected chi connectivity index (χ0v) is 16.9. The molecule has 1 aromatic carbocycles. The Hall–Kier alpha value is -2.51. The van der Waals surface area contributed by atoms with Crippen molar-refractivity contribution in [3.8, 4) is 10.8 Å². The van der Waals surface area contributed by atoms with E-state index in [1.807, 2.05) is 56.6 Å². The van der Waals surface area contributed by atoms with Gasteiger partial charge in [-0.3, -0.25) is 4.79 Å². The summed E-state index contributed by atoms with van der Waals surface area (Å²) < 4.78 is 6.74. The van der Waals surface area contributed by atoms with E-state index >= 15 is 0 Å². The third-order valence-corrected chi connectivity index (χ3v) is 6.59. The minimum absolute atomic E-state index is 0.0224. The highest BCUT2D eigenvalue weighted by atomic mass is 32.1. The Morgan fingerprint density at radius 1 is 1.22 bits per heavy atom. The van der Waals surface area contributed by atoms with Crippen molar-refractivity contribution in [2.24, 2.45) is 0 Å². The number of benzene rings is 1. The molecule has 0 radical (unpaired) electrons. The molecule has 7 heteroatoms. The minimum Gasteiger partial charge on any atom is -0.459 e. The maximum atomic E-state index is 12.7. The average Bonchev–Trinajstić information content (AvgIpc) is 3.39. The second-order valence-electron chi connectivity index (χ2n) is 6.43. The standard InChI is InChI=1S/C20H19N3O2S2/c1-12-8-9-16(25-12)20-21-14(11-26-20)10-18(24)23(3)13(2)19-22-15-6-4-5-7-17(15)27-19/h4-9,11,13H,10H2,1-3H3. The summed E-state index contributed by atoms with van der Waals surface area (Å²) in [6, 6.07) is 11.8. The predicted octanol–water partition coefficient (Wildman–Crippen LogP) is 5.08. The average molecular weight is 398 g/mol. The molecule has 5 nitrogen and oxygen atoms in total. The SMILES string of the molecule is Cc1ccc(-c2nc(CC(=O)N(C)C(C)c3nc4ccccc4s3)cs2)o1. The van der Waals surface area contributed by atoms with Gasteiger partial charge in [-0.2, -0.15) is 0 Å². The summed E-state index contributed by atoms with van der Waals surface area (Å²) in [5.41, 5.74) is 1.74. The second kappa shape index (κ2) is 7.25. The molecular weight excluding hydrogens is 378 g/mol. The van der Waals surface area contributed by atoms with E-state index in [-0.39, 0.29) is 18.4 Å². The first kappa shape index (κ1) is 17.9. The van der Waals surface area contributed by atoms with E-state index in [0.29, 0.717) is 0 Å². The lowest BCUT2D eigenvalue weighted by atomic mass is 10.2. The molecule has 0 saturated carbocycles. The Bertz CT molecular complexity index is 1060. The number of carbonyl (C=O) groups is 1. The molecule has 0 saturated heterocycles. The Morgan fingerprint density at radius 2 is 2.04 bits per heavy atom. The van der Waals surface area contributed by atoms with Crippen LogP contribution in [0.25, 0.3) is 21.0 Å². The van der Waals surface area contributed by atoms with E-state index in [9.17, 15) is 4.79 Å². The van der Waals surface area contributed by atoms with Crippen LogP contribution in [0.5, 0.6) is 0 Å². The van der Waals surface area contributed by atoms with E-state index in [2.05, 4.69) is 16.0 Å². The van der Waals surface area contributed by atoms with Crippen LogP contribution in [0, 0.1) is 6.92 Å². The molecule has 1 unspecified atom stereocenters. The van der Waals surface area contributed by atoms with Crippen LogP contribution in [0.1, 0.15) is 29.4 Å². The minimum atomic E-state index is -0.0827. The molecule has 3 aromatic heterocycles. The van der Waals surface area contributed by atoms with Crippen molar-refractivity contribution in [1.82, 2.24) is 14.9 Å². The molecule has 27 heavy (non-hydrogen) atoms. The topological polar surface area (TPSA) is 59.2 Å². The second-order valence-corrected chi connectivity index (χ2v) is 8.35. The summed E-state index contributed by atoms with van der Waals surface area (Å²) in [6.07, 6.45) is 0.266. The Kier molecular flexibility index (Phi) is 4.80. The monoisotopic (exact) mass is 397 g/mol. The van der Waals surface area contributed by atoms with Crippen LogP contribution in [0.2, 0.25) is 0 Å². The number of amides is 1. The number of aryl methyl sites for hydroxylation is 1. The lowest BCUT2D eigenvalue weighted by molar-refractivity contribution is -0.131.